The maximum absolute atomic E-state index is 12.0. The molecule has 0 radical (unpaired) electrons. The first kappa shape index (κ1) is 19.8. The lowest BCUT2D eigenvalue weighted by Crippen LogP contribution is -2.27. The van der Waals surface area contributed by atoms with Crippen LogP contribution in [0.2, 0.25) is 0 Å². The van der Waals surface area contributed by atoms with E-state index in [1.165, 1.54) is 11.3 Å². The number of carbonyl (C=O) groups is 2. The van der Waals surface area contributed by atoms with Gasteiger partial charge in [-0.05, 0) is 45.4 Å². The number of thiazole rings is 1. The molecule has 0 saturated heterocycles. The number of hydrogen-bond donors (Lipinski definition) is 1. The zero-order chi connectivity index (χ0) is 20.3. The van der Waals surface area contributed by atoms with Gasteiger partial charge in [0.05, 0.1) is 16.8 Å². The van der Waals surface area contributed by atoms with Crippen LogP contribution in [0.3, 0.4) is 0 Å². The van der Waals surface area contributed by atoms with Crippen LogP contribution < -0.4 is 5.32 Å². The predicted molar refractivity (Wildman–Crippen MR) is 107 cm³/mol. The minimum absolute atomic E-state index is 0.263. The van der Waals surface area contributed by atoms with Gasteiger partial charge in [0, 0.05) is 18.9 Å². The SMILES string of the molecule is CCOC(=O)c1nccn1Cc1ccc2nc(NC(=O)OC(C)(C)C)sc2c1. The Morgan fingerprint density at radius 2 is 2.07 bits per heavy atom. The molecule has 1 aromatic carbocycles. The van der Waals surface area contributed by atoms with Crippen LogP contribution in [0.4, 0.5) is 9.93 Å². The molecule has 0 aliphatic rings. The Hall–Kier alpha value is -2.94. The summed E-state index contributed by atoms with van der Waals surface area (Å²) < 4.78 is 12.9. The lowest BCUT2D eigenvalue weighted by molar-refractivity contribution is 0.0506. The Kier molecular flexibility index (Phi) is 5.64. The maximum Gasteiger partial charge on any atom is 0.413 e. The standard InChI is InChI=1S/C19H22N4O4S/c1-5-26-16(24)15-20-8-9-23(15)11-12-6-7-13-14(10-12)28-17(21-13)22-18(25)27-19(2,3)4/h6-10H,5,11H2,1-4H3,(H,21,22,25). The number of nitrogens with zero attached hydrogens (tertiary/aromatic N) is 3. The molecule has 0 unspecified atom stereocenters. The van der Waals surface area contributed by atoms with Gasteiger partial charge >= 0.3 is 12.1 Å². The van der Waals surface area contributed by atoms with E-state index in [0.717, 1.165) is 15.8 Å². The largest absolute Gasteiger partial charge is 0.460 e. The summed E-state index contributed by atoms with van der Waals surface area (Å²) in [5.41, 5.74) is 1.18. The summed E-state index contributed by atoms with van der Waals surface area (Å²) in [4.78, 5) is 32.4. The van der Waals surface area contributed by atoms with Crippen molar-refractivity contribution in [3.8, 4) is 0 Å². The zero-order valence-corrected chi connectivity index (χ0v) is 17.0. The van der Waals surface area contributed by atoms with Gasteiger partial charge in [-0.1, -0.05) is 17.4 Å². The molecule has 3 rings (SSSR count). The summed E-state index contributed by atoms with van der Waals surface area (Å²) in [5.74, 6) is -0.186. The van der Waals surface area contributed by atoms with E-state index in [0.29, 0.717) is 18.3 Å². The number of aromatic nitrogens is 3. The van der Waals surface area contributed by atoms with Gasteiger partial charge in [0.25, 0.3) is 0 Å². The average molecular weight is 402 g/mol. The number of fused-ring (bicyclic) bond motifs is 1. The van der Waals surface area contributed by atoms with Crippen molar-refractivity contribution in [3.63, 3.8) is 0 Å². The van der Waals surface area contributed by atoms with E-state index in [-0.39, 0.29) is 5.82 Å². The Morgan fingerprint density at radius 3 is 2.79 bits per heavy atom. The number of rotatable bonds is 5. The zero-order valence-electron chi connectivity index (χ0n) is 16.2. The van der Waals surface area contributed by atoms with Crippen molar-refractivity contribution in [2.75, 3.05) is 11.9 Å². The fourth-order valence-corrected chi connectivity index (χ4v) is 3.45. The van der Waals surface area contributed by atoms with Gasteiger partial charge in [0.15, 0.2) is 5.13 Å². The summed E-state index contributed by atoms with van der Waals surface area (Å²) in [6, 6.07) is 5.78. The molecule has 2 aromatic heterocycles. The number of esters is 1. The smallest absolute Gasteiger partial charge is 0.413 e. The third kappa shape index (κ3) is 4.86. The van der Waals surface area contributed by atoms with Crippen LogP contribution in [0.5, 0.6) is 0 Å². The fourth-order valence-electron chi connectivity index (χ4n) is 2.53. The van der Waals surface area contributed by atoms with Crippen LogP contribution in [0.25, 0.3) is 10.2 Å². The Labute approximate surface area is 166 Å². The van der Waals surface area contributed by atoms with Crippen LogP contribution in [0.1, 0.15) is 43.9 Å². The van der Waals surface area contributed by atoms with Gasteiger partial charge in [-0.3, -0.25) is 5.32 Å². The van der Waals surface area contributed by atoms with Crippen molar-refractivity contribution >= 4 is 38.7 Å². The molecule has 0 saturated carbocycles. The Balaban J connectivity index is 1.76. The summed E-state index contributed by atoms with van der Waals surface area (Å²) in [5, 5.41) is 3.13. The summed E-state index contributed by atoms with van der Waals surface area (Å²) in [6.45, 7) is 7.93. The molecule has 0 bridgehead atoms. The molecule has 28 heavy (non-hydrogen) atoms. The lowest BCUT2D eigenvalue weighted by atomic mass is 10.2. The molecular formula is C19H22N4O4S. The van der Waals surface area contributed by atoms with Gasteiger partial charge in [-0.15, -0.1) is 0 Å². The highest BCUT2D eigenvalue weighted by Crippen LogP contribution is 2.27. The molecule has 3 aromatic rings. The highest BCUT2D eigenvalue weighted by atomic mass is 32.1. The van der Waals surface area contributed by atoms with Crippen LogP contribution in [-0.4, -0.2) is 38.8 Å². The molecule has 0 fully saturated rings. The van der Waals surface area contributed by atoms with Crippen molar-refractivity contribution in [1.82, 2.24) is 14.5 Å². The molecule has 9 heteroatoms. The fraction of sp³-hybridized carbons (Fsp3) is 0.368. The number of carbonyl (C=O) groups excluding carboxylic acids is 2. The molecule has 148 valence electrons. The van der Waals surface area contributed by atoms with Crippen molar-refractivity contribution in [2.45, 2.75) is 39.8 Å². The van der Waals surface area contributed by atoms with Crippen molar-refractivity contribution in [2.24, 2.45) is 0 Å². The Bertz CT molecular complexity index is 1000. The van der Waals surface area contributed by atoms with Gasteiger partial charge in [0.1, 0.15) is 5.60 Å². The number of imidazole rings is 1. The monoisotopic (exact) mass is 402 g/mol. The van der Waals surface area contributed by atoms with E-state index >= 15 is 0 Å². The molecular weight excluding hydrogens is 380 g/mol. The molecule has 2 heterocycles. The Morgan fingerprint density at radius 1 is 1.29 bits per heavy atom. The molecule has 1 N–H and O–H groups in total. The lowest BCUT2D eigenvalue weighted by Gasteiger charge is -2.18. The van der Waals surface area contributed by atoms with Crippen LogP contribution in [-0.2, 0) is 16.0 Å². The van der Waals surface area contributed by atoms with E-state index in [9.17, 15) is 9.59 Å². The number of nitrogens with one attached hydrogen (secondary N) is 1. The van der Waals surface area contributed by atoms with E-state index in [2.05, 4.69) is 15.3 Å². The highest BCUT2D eigenvalue weighted by Gasteiger charge is 2.18. The third-order valence-corrected chi connectivity index (χ3v) is 4.52. The highest BCUT2D eigenvalue weighted by molar-refractivity contribution is 7.22. The molecule has 0 aliphatic carbocycles. The van der Waals surface area contributed by atoms with Crippen molar-refractivity contribution < 1.29 is 19.1 Å². The summed E-state index contributed by atoms with van der Waals surface area (Å²) >= 11 is 1.36. The predicted octanol–water partition coefficient (Wildman–Crippen LogP) is 4.06. The first-order valence-electron chi connectivity index (χ1n) is 8.83. The molecule has 0 atom stereocenters. The van der Waals surface area contributed by atoms with E-state index in [1.807, 2.05) is 18.2 Å². The summed E-state index contributed by atoms with van der Waals surface area (Å²) in [6.07, 6.45) is 2.77. The van der Waals surface area contributed by atoms with Gasteiger partial charge < -0.3 is 14.0 Å². The second-order valence-electron chi connectivity index (χ2n) is 7.05. The second kappa shape index (κ2) is 7.97. The number of ether oxygens (including phenoxy) is 2. The van der Waals surface area contributed by atoms with Gasteiger partial charge in [-0.25, -0.2) is 19.6 Å². The van der Waals surface area contributed by atoms with Gasteiger partial charge in [0.2, 0.25) is 5.82 Å². The minimum atomic E-state index is -0.574. The molecule has 0 spiro atoms. The number of anilines is 1. The average Bonchev–Trinajstić information content (AvgIpc) is 3.19. The van der Waals surface area contributed by atoms with Crippen molar-refractivity contribution in [1.29, 1.82) is 0 Å². The molecule has 8 nitrogen and oxygen atoms in total. The second-order valence-corrected chi connectivity index (χ2v) is 8.08. The number of amides is 1. The van der Waals surface area contributed by atoms with E-state index in [1.54, 1.807) is 44.7 Å². The first-order valence-corrected chi connectivity index (χ1v) is 9.64. The quantitative estimate of drug-likeness (QED) is 0.647. The molecule has 0 aliphatic heterocycles. The van der Waals surface area contributed by atoms with Crippen LogP contribution in [0.15, 0.2) is 30.6 Å². The molecule has 1 amide bonds. The van der Waals surface area contributed by atoms with E-state index < -0.39 is 17.7 Å². The maximum atomic E-state index is 12.0. The number of benzene rings is 1. The topological polar surface area (TPSA) is 95.3 Å². The number of hydrogen-bond acceptors (Lipinski definition) is 7. The third-order valence-electron chi connectivity index (χ3n) is 3.59. The normalized spacial score (nSPS) is 11.4. The minimum Gasteiger partial charge on any atom is -0.460 e. The van der Waals surface area contributed by atoms with Crippen LogP contribution >= 0.6 is 11.3 Å². The van der Waals surface area contributed by atoms with Crippen molar-refractivity contribution in [3.05, 3.63) is 42.0 Å². The summed E-state index contributed by atoms with van der Waals surface area (Å²) in [7, 11) is 0. The van der Waals surface area contributed by atoms with Gasteiger partial charge in [-0.2, -0.15) is 0 Å². The van der Waals surface area contributed by atoms with Crippen LogP contribution in [0, 0.1) is 0 Å². The first-order chi connectivity index (χ1) is 13.2. The van der Waals surface area contributed by atoms with E-state index in [4.69, 9.17) is 9.47 Å².